The van der Waals surface area contributed by atoms with Gasteiger partial charge in [0.05, 0.1) is 11.8 Å². The van der Waals surface area contributed by atoms with Gasteiger partial charge in [-0.05, 0) is 54.1 Å². The number of hydrogen-bond donors (Lipinski definition) is 2. The molecule has 0 spiro atoms. The molecule has 6 heteroatoms. The minimum atomic E-state index is -1.91. The summed E-state index contributed by atoms with van der Waals surface area (Å²) in [4.78, 5) is 4.50. The maximum atomic E-state index is 12.0. The fourth-order valence-corrected chi connectivity index (χ4v) is 8.40. The van der Waals surface area contributed by atoms with Gasteiger partial charge in [0.2, 0.25) is 0 Å². The molecule has 0 aliphatic carbocycles. The predicted molar refractivity (Wildman–Crippen MR) is 138 cm³/mol. The SMILES string of the molecule is FC(F)=CONNc1ccc(CC[P+](c2ccccc2)(c2ccccc2)c2ccccc2)cc1. The van der Waals surface area contributed by atoms with Crippen molar-refractivity contribution in [2.24, 2.45) is 0 Å². The van der Waals surface area contributed by atoms with Crippen molar-refractivity contribution in [3.05, 3.63) is 133 Å². The van der Waals surface area contributed by atoms with E-state index in [2.05, 4.69) is 107 Å². The van der Waals surface area contributed by atoms with Crippen LogP contribution in [0.4, 0.5) is 14.5 Å². The van der Waals surface area contributed by atoms with Crippen LogP contribution < -0.4 is 26.9 Å². The smallest absolute Gasteiger partial charge is 0.307 e. The quantitative estimate of drug-likeness (QED) is 0.131. The normalized spacial score (nSPS) is 11.0. The zero-order valence-electron chi connectivity index (χ0n) is 18.6. The van der Waals surface area contributed by atoms with Crippen molar-refractivity contribution in [2.75, 3.05) is 11.6 Å². The van der Waals surface area contributed by atoms with E-state index in [0.717, 1.165) is 12.6 Å². The van der Waals surface area contributed by atoms with E-state index < -0.39 is 13.3 Å². The molecule has 0 saturated heterocycles. The third-order valence-corrected chi connectivity index (χ3v) is 10.1. The van der Waals surface area contributed by atoms with Crippen molar-refractivity contribution < 1.29 is 13.6 Å². The van der Waals surface area contributed by atoms with E-state index in [1.54, 1.807) is 0 Å². The summed E-state index contributed by atoms with van der Waals surface area (Å²) in [6.45, 7) is 0. The molecule has 0 heterocycles. The number of halogens is 2. The number of benzene rings is 4. The average molecular weight is 475 g/mol. The number of hydrogen-bond acceptors (Lipinski definition) is 3. The number of aryl methyl sites for hydroxylation is 1. The van der Waals surface area contributed by atoms with Crippen LogP contribution in [0, 0.1) is 0 Å². The lowest BCUT2D eigenvalue weighted by atomic mass is 10.1. The minimum absolute atomic E-state index is 0.335. The fourth-order valence-electron chi connectivity index (χ4n) is 4.10. The molecule has 0 fully saturated rings. The molecule has 0 saturated carbocycles. The summed E-state index contributed by atoms with van der Waals surface area (Å²) >= 11 is 0. The maximum absolute atomic E-state index is 12.0. The van der Waals surface area contributed by atoms with Crippen molar-refractivity contribution in [3.63, 3.8) is 0 Å². The Kier molecular flexibility index (Phi) is 8.03. The molecule has 0 aromatic heterocycles. The number of hydrazine groups is 1. The zero-order chi connectivity index (χ0) is 23.6. The monoisotopic (exact) mass is 475 g/mol. The van der Waals surface area contributed by atoms with Gasteiger partial charge in [-0.2, -0.15) is 8.78 Å². The van der Waals surface area contributed by atoms with Crippen LogP contribution in [0.1, 0.15) is 5.56 Å². The average Bonchev–Trinajstić information content (AvgIpc) is 2.89. The molecular formula is C28H26F2N2OP+. The first-order valence-electron chi connectivity index (χ1n) is 11.0. The van der Waals surface area contributed by atoms with Crippen molar-refractivity contribution in [2.45, 2.75) is 6.42 Å². The Bertz CT molecular complexity index is 1090. The molecule has 3 nitrogen and oxygen atoms in total. The van der Waals surface area contributed by atoms with E-state index in [1.165, 1.54) is 21.5 Å². The molecule has 0 radical (unpaired) electrons. The third kappa shape index (κ3) is 5.69. The lowest BCUT2D eigenvalue weighted by Crippen LogP contribution is -2.34. The van der Waals surface area contributed by atoms with Crippen LogP contribution >= 0.6 is 7.26 Å². The predicted octanol–water partition coefficient (Wildman–Crippen LogP) is 5.81. The molecular weight excluding hydrogens is 449 g/mol. The largest absolute Gasteiger partial charge is 0.391 e. The van der Waals surface area contributed by atoms with Crippen LogP contribution in [-0.2, 0) is 11.3 Å². The van der Waals surface area contributed by atoms with Gasteiger partial charge in [-0.1, -0.05) is 72.3 Å². The second-order valence-electron chi connectivity index (χ2n) is 7.74. The summed E-state index contributed by atoms with van der Waals surface area (Å²) in [6, 6.07) is 40.3. The Morgan fingerprint density at radius 3 is 1.59 bits per heavy atom. The number of nitrogens with one attached hydrogen (secondary N) is 2. The van der Waals surface area contributed by atoms with Gasteiger partial charge in [0.25, 0.3) is 0 Å². The number of rotatable bonds is 10. The van der Waals surface area contributed by atoms with E-state index in [4.69, 9.17) is 0 Å². The van der Waals surface area contributed by atoms with E-state index in [0.29, 0.717) is 11.9 Å². The minimum Gasteiger partial charge on any atom is -0.391 e. The van der Waals surface area contributed by atoms with E-state index >= 15 is 0 Å². The van der Waals surface area contributed by atoms with Gasteiger partial charge < -0.3 is 4.84 Å². The summed E-state index contributed by atoms with van der Waals surface area (Å²) in [5, 5.41) is 4.08. The van der Waals surface area contributed by atoms with Crippen molar-refractivity contribution in [1.29, 1.82) is 0 Å². The van der Waals surface area contributed by atoms with Crippen LogP contribution in [0.5, 0.6) is 0 Å². The molecule has 0 atom stereocenters. The Balaban J connectivity index is 1.62. The van der Waals surface area contributed by atoms with Gasteiger partial charge in [-0.25, -0.2) is 0 Å². The topological polar surface area (TPSA) is 33.3 Å². The standard InChI is InChI=1S/C28H26F2N2OP/c29-28(30)22-33-32-31-24-18-16-23(17-19-24)20-21-34(25-10-4-1-5-11-25,26-12-6-2-7-13-26)27-14-8-3-9-15-27/h1-19,22,31-32H,20-21H2/q+1. The van der Waals surface area contributed by atoms with Crippen LogP contribution in [0.25, 0.3) is 0 Å². The van der Waals surface area contributed by atoms with Gasteiger partial charge in [-0.3, -0.25) is 5.43 Å². The highest BCUT2D eigenvalue weighted by molar-refractivity contribution is 7.95. The summed E-state index contributed by atoms with van der Waals surface area (Å²) in [7, 11) is -1.89. The fraction of sp³-hybridized carbons (Fsp3) is 0.0714. The second-order valence-corrected chi connectivity index (χ2v) is 11.4. The van der Waals surface area contributed by atoms with Crippen LogP contribution in [0.3, 0.4) is 0 Å². The van der Waals surface area contributed by atoms with Gasteiger partial charge >= 0.3 is 6.08 Å². The van der Waals surface area contributed by atoms with E-state index in [1.807, 2.05) is 24.3 Å². The van der Waals surface area contributed by atoms with E-state index in [-0.39, 0.29) is 0 Å². The van der Waals surface area contributed by atoms with Crippen LogP contribution in [0.15, 0.2) is 128 Å². The van der Waals surface area contributed by atoms with Crippen molar-refractivity contribution in [1.82, 2.24) is 5.59 Å². The molecule has 0 amide bonds. The number of anilines is 1. The first kappa shape index (κ1) is 23.6. The summed E-state index contributed by atoms with van der Waals surface area (Å²) in [5.41, 5.74) is 6.92. The highest BCUT2D eigenvalue weighted by Crippen LogP contribution is 2.55. The molecule has 34 heavy (non-hydrogen) atoms. The van der Waals surface area contributed by atoms with Crippen LogP contribution in [-0.4, -0.2) is 6.16 Å². The van der Waals surface area contributed by atoms with Crippen molar-refractivity contribution in [3.8, 4) is 0 Å². The first-order chi connectivity index (χ1) is 16.7. The first-order valence-corrected chi connectivity index (χ1v) is 13.0. The molecule has 4 aromatic carbocycles. The molecule has 4 rings (SSSR count). The molecule has 0 aliphatic heterocycles. The molecule has 0 bridgehead atoms. The molecule has 2 N–H and O–H groups in total. The van der Waals surface area contributed by atoms with Gasteiger partial charge in [0.1, 0.15) is 23.2 Å². The maximum Gasteiger partial charge on any atom is 0.307 e. The van der Waals surface area contributed by atoms with Gasteiger partial charge in [-0.15, -0.1) is 0 Å². The highest BCUT2D eigenvalue weighted by atomic mass is 31.2. The zero-order valence-corrected chi connectivity index (χ0v) is 19.5. The lowest BCUT2D eigenvalue weighted by Gasteiger charge is -2.27. The second kappa shape index (κ2) is 11.6. The summed E-state index contributed by atoms with van der Waals surface area (Å²) in [5.74, 6) is 0. The Labute approximate surface area is 199 Å². The van der Waals surface area contributed by atoms with Gasteiger partial charge in [0, 0.05) is 6.42 Å². The lowest BCUT2D eigenvalue weighted by molar-refractivity contribution is 0.142. The van der Waals surface area contributed by atoms with Crippen LogP contribution in [0.2, 0.25) is 0 Å². The summed E-state index contributed by atoms with van der Waals surface area (Å²) in [6.07, 6.45) is 0.305. The van der Waals surface area contributed by atoms with E-state index in [9.17, 15) is 8.78 Å². The summed E-state index contributed by atoms with van der Waals surface area (Å²) < 4.78 is 24.1. The Hall–Kier alpha value is -3.53. The molecule has 0 aliphatic rings. The Morgan fingerprint density at radius 1 is 0.676 bits per heavy atom. The molecule has 172 valence electrons. The molecule has 0 unspecified atom stereocenters. The Morgan fingerprint density at radius 2 is 1.15 bits per heavy atom. The molecule has 4 aromatic rings. The third-order valence-electron chi connectivity index (χ3n) is 5.68. The van der Waals surface area contributed by atoms with Crippen molar-refractivity contribution >= 4 is 28.9 Å². The highest BCUT2D eigenvalue weighted by Gasteiger charge is 2.44. The van der Waals surface area contributed by atoms with Gasteiger partial charge in [0.15, 0.2) is 6.26 Å².